The first-order chi connectivity index (χ1) is 13.1. The summed E-state index contributed by atoms with van der Waals surface area (Å²) in [6.45, 7) is 0. The van der Waals surface area contributed by atoms with Gasteiger partial charge in [-0.05, 0) is 17.7 Å². The SMILES string of the molecule is COc1ccc(C2Oc3cc(OC)c(OC)c(OC)c3C(=O)C2OC)cc1. The minimum absolute atomic E-state index is 0.252. The van der Waals surface area contributed by atoms with E-state index in [4.69, 9.17) is 28.4 Å². The number of carbonyl (C=O) groups is 1. The van der Waals surface area contributed by atoms with Gasteiger partial charge in [-0.1, -0.05) is 12.1 Å². The molecule has 0 saturated heterocycles. The molecule has 0 bridgehead atoms. The molecule has 144 valence electrons. The average molecular weight is 374 g/mol. The van der Waals surface area contributed by atoms with E-state index in [1.165, 1.54) is 28.4 Å². The van der Waals surface area contributed by atoms with Crippen molar-refractivity contribution in [2.24, 2.45) is 0 Å². The Kier molecular flexibility index (Phi) is 5.41. The highest BCUT2D eigenvalue weighted by atomic mass is 16.6. The van der Waals surface area contributed by atoms with Gasteiger partial charge in [0, 0.05) is 13.2 Å². The second-order valence-electron chi connectivity index (χ2n) is 5.85. The van der Waals surface area contributed by atoms with Gasteiger partial charge in [0.05, 0.1) is 28.4 Å². The molecule has 1 heterocycles. The van der Waals surface area contributed by atoms with Gasteiger partial charge in [-0.15, -0.1) is 0 Å². The van der Waals surface area contributed by atoms with Crippen LogP contribution in [0.25, 0.3) is 0 Å². The largest absolute Gasteiger partial charge is 0.497 e. The molecule has 7 heteroatoms. The lowest BCUT2D eigenvalue weighted by Crippen LogP contribution is -2.38. The molecule has 0 fully saturated rings. The topological polar surface area (TPSA) is 72.5 Å². The standard InChI is InChI=1S/C20H22O7/c1-22-12-8-6-11(7-9-12)17-20(26-5)16(21)15-13(27-17)10-14(23-2)18(24-3)19(15)25-4/h6-10,17,20H,1-5H3. The molecule has 0 radical (unpaired) electrons. The Bertz CT molecular complexity index is 829. The number of ether oxygens (including phenoxy) is 6. The van der Waals surface area contributed by atoms with Crippen molar-refractivity contribution in [3.8, 4) is 28.7 Å². The van der Waals surface area contributed by atoms with Crippen molar-refractivity contribution in [3.05, 3.63) is 41.5 Å². The van der Waals surface area contributed by atoms with Crippen molar-refractivity contribution >= 4 is 5.78 Å². The smallest absolute Gasteiger partial charge is 0.204 e. The van der Waals surface area contributed by atoms with E-state index >= 15 is 0 Å². The first-order valence-corrected chi connectivity index (χ1v) is 8.30. The molecule has 0 aliphatic carbocycles. The number of fused-ring (bicyclic) bond motifs is 1. The Morgan fingerprint density at radius 2 is 1.52 bits per heavy atom. The molecule has 0 saturated carbocycles. The summed E-state index contributed by atoms with van der Waals surface area (Å²) in [7, 11) is 7.51. The van der Waals surface area contributed by atoms with Crippen molar-refractivity contribution in [1.29, 1.82) is 0 Å². The van der Waals surface area contributed by atoms with E-state index in [1.54, 1.807) is 25.3 Å². The van der Waals surface area contributed by atoms with Crippen LogP contribution in [0.1, 0.15) is 22.0 Å². The Hall–Kier alpha value is -2.93. The third-order valence-corrected chi connectivity index (χ3v) is 4.53. The summed E-state index contributed by atoms with van der Waals surface area (Å²) in [6.07, 6.45) is -1.46. The molecular formula is C20H22O7. The number of Topliss-reactive ketones (excluding diaryl/α,β-unsaturated/α-hetero) is 1. The molecule has 0 spiro atoms. The first kappa shape index (κ1) is 18.8. The second-order valence-corrected chi connectivity index (χ2v) is 5.85. The molecule has 7 nitrogen and oxygen atoms in total. The van der Waals surface area contributed by atoms with Gasteiger partial charge in [-0.2, -0.15) is 0 Å². The van der Waals surface area contributed by atoms with Crippen LogP contribution in [0.2, 0.25) is 0 Å². The summed E-state index contributed by atoms with van der Waals surface area (Å²) in [4.78, 5) is 13.2. The molecule has 0 aromatic heterocycles. The molecule has 1 aliphatic rings. The number of benzene rings is 2. The van der Waals surface area contributed by atoms with Crippen LogP contribution < -0.4 is 23.7 Å². The van der Waals surface area contributed by atoms with E-state index in [0.717, 1.165) is 5.56 Å². The van der Waals surface area contributed by atoms with Gasteiger partial charge in [-0.25, -0.2) is 0 Å². The Morgan fingerprint density at radius 1 is 0.852 bits per heavy atom. The molecule has 2 aromatic carbocycles. The van der Waals surface area contributed by atoms with E-state index < -0.39 is 12.2 Å². The first-order valence-electron chi connectivity index (χ1n) is 8.30. The molecule has 0 N–H and O–H groups in total. The van der Waals surface area contributed by atoms with Crippen LogP contribution in [-0.4, -0.2) is 47.4 Å². The number of hydrogen-bond acceptors (Lipinski definition) is 7. The quantitative estimate of drug-likeness (QED) is 0.769. The van der Waals surface area contributed by atoms with E-state index in [9.17, 15) is 4.79 Å². The highest BCUT2D eigenvalue weighted by Crippen LogP contribution is 2.49. The van der Waals surface area contributed by atoms with Crippen LogP contribution in [0.4, 0.5) is 0 Å². The van der Waals surface area contributed by atoms with Crippen LogP contribution in [0.3, 0.4) is 0 Å². The maximum absolute atomic E-state index is 13.2. The maximum atomic E-state index is 13.2. The zero-order chi connectivity index (χ0) is 19.6. The number of methoxy groups -OCH3 is 5. The number of ketones is 1. The Balaban J connectivity index is 2.13. The van der Waals surface area contributed by atoms with Crippen LogP contribution in [-0.2, 0) is 4.74 Å². The van der Waals surface area contributed by atoms with Crippen LogP contribution in [0.15, 0.2) is 30.3 Å². The Morgan fingerprint density at radius 3 is 2.04 bits per heavy atom. The molecule has 0 amide bonds. The number of rotatable bonds is 6. The zero-order valence-corrected chi connectivity index (χ0v) is 15.9. The van der Waals surface area contributed by atoms with Gasteiger partial charge in [0.25, 0.3) is 0 Å². The third-order valence-electron chi connectivity index (χ3n) is 4.53. The molecule has 27 heavy (non-hydrogen) atoms. The predicted molar refractivity (Wildman–Crippen MR) is 97.6 cm³/mol. The fourth-order valence-electron chi connectivity index (χ4n) is 3.21. The molecule has 3 rings (SSSR count). The molecule has 2 atom stereocenters. The third kappa shape index (κ3) is 3.14. The minimum atomic E-state index is -0.835. The van der Waals surface area contributed by atoms with Gasteiger partial charge in [0.2, 0.25) is 11.5 Å². The fourth-order valence-corrected chi connectivity index (χ4v) is 3.21. The highest BCUT2D eigenvalue weighted by molar-refractivity contribution is 6.06. The van der Waals surface area contributed by atoms with E-state index in [0.29, 0.717) is 23.0 Å². The van der Waals surface area contributed by atoms with Gasteiger partial charge in [-0.3, -0.25) is 4.79 Å². The van der Waals surface area contributed by atoms with Gasteiger partial charge in [0.15, 0.2) is 23.7 Å². The van der Waals surface area contributed by atoms with Crippen LogP contribution in [0.5, 0.6) is 28.7 Å². The summed E-state index contributed by atoms with van der Waals surface area (Å²) in [5, 5.41) is 0. The lowest BCUT2D eigenvalue weighted by atomic mass is 9.92. The van der Waals surface area contributed by atoms with Crippen molar-refractivity contribution in [2.45, 2.75) is 12.2 Å². The molecule has 2 unspecified atom stereocenters. The lowest BCUT2D eigenvalue weighted by molar-refractivity contribution is -0.00121. The van der Waals surface area contributed by atoms with Crippen LogP contribution in [0, 0.1) is 0 Å². The summed E-state index contributed by atoms with van der Waals surface area (Å²) in [5.74, 6) is 1.80. The van der Waals surface area contributed by atoms with E-state index in [-0.39, 0.29) is 17.1 Å². The van der Waals surface area contributed by atoms with Crippen molar-refractivity contribution in [2.75, 3.05) is 35.5 Å². The number of hydrogen-bond donors (Lipinski definition) is 0. The summed E-state index contributed by atoms with van der Waals surface area (Å²) >= 11 is 0. The summed E-state index contributed by atoms with van der Waals surface area (Å²) in [5.41, 5.74) is 1.06. The highest BCUT2D eigenvalue weighted by Gasteiger charge is 2.42. The predicted octanol–water partition coefficient (Wildman–Crippen LogP) is 3.05. The summed E-state index contributed by atoms with van der Waals surface area (Å²) in [6, 6.07) is 8.91. The Labute approximate surface area is 157 Å². The van der Waals surface area contributed by atoms with E-state index in [2.05, 4.69) is 0 Å². The second kappa shape index (κ2) is 7.75. The lowest BCUT2D eigenvalue weighted by Gasteiger charge is -2.33. The summed E-state index contributed by atoms with van der Waals surface area (Å²) < 4.78 is 33.0. The molecule has 1 aliphatic heterocycles. The van der Waals surface area contributed by atoms with Crippen molar-refractivity contribution < 1.29 is 33.2 Å². The zero-order valence-electron chi connectivity index (χ0n) is 15.9. The number of carbonyl (C=O) groups excluding carboxylic acids is 1. The average Bonchev–Trinajstić information content (AvgIpc) is 2.72. The van der Waals surface area contributed by atoms with Gasteiger partial charge in [0.1, 0.15) is 17.1 Å². The van der Waals surface area contributed by atoms with Crippen molar-refractivity contribution in [3.63, 3.8) is 0 Å². The monoisotopic (exact) mass is 374 g/mol. The van der Waals surface area contributed by atoms with Gasteiger partial charge >= 0.3 is 0 Å². The fraction of sp³-hybridized carbons (Fsp3) is 0.350. The maximum Gasteiger partial charge on any atom is 0.204 e. The van der Waals surface area contributed by atoms with E-state index in [1.807, 2.05) is 12.1 Å². The van der Waals surface area contributed by atoms with Gasteiger partial charge < -0.3 is 28.4 Å². The van der Waals surface area contributed by atoms with Crippen molar-refractivity contribution in [1.82, 2.24) is 0 Å². The minimum Gasteiger partial charge on any atom is -0.497 e. The van der Waals surface area contributed by atoms with Crippen LogP contribution >= 0.6 is 0 Å². The molecule has 2 aromatic rings. The normalized spacial score (nSPS) is 18.3. The molecular weight excluding hydrogens is 352 g/mol.